The van der Waals surface area contributed by atoms with Crippen LogP contribution in [0.5, 0.6) is 0 Å². The number of H-pyrrole nitrogens is 1. The fourth-order valence-corrected chi connectivity index (χ4v) is 6.14. The minimum absolute atomic E-state index is 0.0721. The zero-order valence-corrected chi connectivity index (χ0v) is 24.9. The van der Waals surface area contributed by atoms with Gasteiger partial charge in [-0.15, -0.1) is 0 Å². The SMILES string of the molecule is CC(C)(C)[Si](C)(C)OC[C@H]1O[C@@H](n2ccc(=O)[nH]c2=O)[C@H](O[Si](C)(C)C(C)(C)C)[C@@]12OC2C(=O)NO. The summed E-state index contributed by atoms with van der Waals surface area (Å²) in [6, 6.07) is 1.23. The van der Waals surface area contributed by atoms with Crippen LogP contribution < -0.4 is 16.7 Å². The summed E-state index contributed by atoms with van der Waals surface area (Å²) in [5.74, 6) is -0.728. The molecule has 1 unspecified atom stereocenters. The fourth-order valence-electron chi connectivity index (χ4n) is 3.85. The molecule has 204 valence electrons. The van der Waals surface area contributed by atoms with Crippen LogP contribution in [0.1, 0.15) is 47.8 Å². The van der Waals surface area contributed by atoms with Crippen LogP contribution in [-0.4, -0.2) is 67.8 Å². The van der Waals surface area contributed by atoms with E-state index in [2.05, 4.69) is 72.7 Å². The second-order valence-electron chi connectivity index (χ2n) is 12.7. The summed E-state index contributed by atoms with van der Waals surface area (Å²) >= 11 is 0. The first-order chi connectivity index (χ1) is 16.3. The number of amides is 1. The lowest BCUT2D eigenvalue weighted by atomic mass is 9.93. The topological polar surface area (TPSA) is 144 Å². The van der Waals surface area contributed by atoms with Crippen LogP contribution >= 0.6 is 0 Å². The molecule has 13 heteroatoms. The van der Waals surface area contributed by atoms with Crippen molar-refractivity contribution in [2.45, 2.75) is 108 Å². The highest BCUT2D eigenvalue weighted by Crippen LogP contribution is 2.56. The molecule has 1 spiro atoms. The van der Waals surface area contributed by atoms with Crippen LogP contribution in [0.4, 0.5) is 0 Å². The number of hydrogen-bond donors (Lipinski definition) is 3. The number of nitrogens with zero attached hydrogens (tertiary/aromatic N) is 1. The first-order valence-electron chi connectivity index (χ1n) is 12.2. The molecule has 36 heavy (non-hydrogen) atoms. The molecule has 2 aliphatic rings. The first-order valence-corrected chi connectivity index (χ1v) is 18.0. The molecular formula is C23H41N3O8Si2. The number of hydroxylamine groups is 1. The molecule has 0 radical (unpaired) electrons. The number of rotatable bonds is 7. The maximum atomic E-state index is 12.8. The summed E-state index contributed by atoms with van der Waals surface area (Å²) < 4.78 is 26.9. The van der Waals surface area contributed by atoms with Gasteiger partial charge in [0.05, 0.1) is 6.61 Å². The van der Waals surface area contributed by atoms with Crippen LogP contribution in [-0.2, 0) is 23.1 Å². The Balaban J connectivity index is 2.10. The highest BCUT2D eigenvalue weighted by molar-refractivity contribution is 6.74. The zero-order chi connectivity index (χ0) is 27.5. The summed E-state index contributed by atoms with van der Waals surface area (Å²) in [5.41, 5.74) is -0.820. The van der Waals surface area contributed by atoms with E-state index in [9.17, 15) is 19.6 Å². The Hall–Kier alpha value is -1.62. The number of epoxide rings is 1. The minimum Gasteiger partial charge on any atom is -0.414 e. The van der Waals surface area contributed by atoms with Gasteiger partial charge in [-0.3, -0.25) is 24.3 Å². The standard InChI is InChI=1S/C23H41N3O8Si2/c1-21(2,3)35(7,8)31-13-14-23(16(33-23)18(28)25-30)17(34-36(9,10)22(4,5)6)19(32-14)26-12-11-15(27)24-20(26)29/h11-12,14,16-17,19,30H,13H2,1-10H3,(H,25,28)(H,24,27,29)/t14-,16?,17+,19-,23-/m1/s1. The maximum absolute atomic E-state index is 12.8. The summed E-state index contributed by atoms with van der Waals surface area (Å²) in [7, 11) is -4.71. The summed E-state index contributed by atoms with van der Waals surface area (Å²) in [4.78, 5) is 39.4. The molecule has 2 saturated heterocycles. The van der Waals surface area contributed by atoms with Gasteiger partial charge in [0.25, 0.3) is 11.5 Å². The number of carbonyl (C=O) groups is 1. The highest BCUT2D eigenvalue weighted by atomic mass is 28.4. The van der Waals surface area contributed by atoms with Crippen molar-refractivity contribution in [3.63, 3.8) is 0 Å². The third-order valence-corrected chi connectivity index (χ3v) is 17.2. The molecule has 3 heterocycles. The van der Waals surface area contributed by atoms with E-state index < -0.39 is 63.9 Å². The Morgan fingerprint density at radius 1 is 1.14 bits per heavy atom. The molecule has 0 aliphatic carbocycles. The van der Waals surface area contributed by atoms with Gasteiger partial charge in [-0.1, -0.05) is 41.5 Å². The molecule has 5 atom stereocenters. The van der Waals surface area contributed by atoms with E-state index in [1.165, 1.54) is 16.8 Å². The Kier molecular flexibility index (Phi) is 7.47. The van der Waals surface area contributed by atoms with E-state index in [1.807, 2.05) is 0 Å². The van der Waals surface area contributed by atoms with Crippen LogP contribution in [0.3, 0.4) is 0 Å². The number of aromatic amines is 1. The van der Waals surface area contributed by atoms with Gasteiger partial charge in [0.1, 0.15) is 12.2 Å². The van der Waals surface area contributed by atoms with Crippen molar-refractivity contribution >= 4 is 22.5 Å². The smallest absolute Gasteiger partial charge is 0.330 e. The van der Waals surface area contributed by atoms with Gasteiger partial charge < -0.3 is 18.3 Å². The number of ether oxygens (including phenoxy) is 2. The molecular weight excluding hydrogens is 502 g/mol. The lowest BCUT2D eigenvalue weighted by Gasteiger charge is -2.40. The summed E-state index contributed by atoms with van der Waals surface area (Å²) in [6.07, 6.45) is -2.35. The van der Waals surface area contributed by atoms with Crippen molar-refractivity contribution < 1.29 is 28.3 Å². The molecule has 0 aromatic carbocycles. The predicted octanol–water partition coefficient (Wildman–Crippen LogP) is 2.49. The van der Waals surface area contributed by atoms with Crippen LogP contribution in [0, 0.1) is 0 Å². The molecule has 3 N–H and O–H groups in total. The van der Waals surface area contributed by atoms with Crippen molar-refractivity contribution in [3.8, 4) is 0 Å². The molecule has 3 rings (SSSR count). The number of carbonyl (C=O) groups excluding carboxylic acids is 1. The van der Waals surface area contributed by atoms with E-state index >= 15 is 0 Å². The second-order valence-corrected chi connectivity index (χ2v) is 22.3. The van der Waals surface area contributed by atoms with Crippen molar-refractivity contribution in [1.29, 1.82) is 0 Å². The molecule has 1 amide bonds. The summed E-state index contributed by atoms with van der Waals surface area (Å²) in [6.45, 7) is 21.0. The molecule has 1 aromatic rings. The van der Waals surface area contributed by atoms with Crippen molar-refractivity contribution in [2.24, 2.45) is 0 Å². The first kappa shape index (κ1) is 28.9. The average Bonchev–Trinajstić information content (AvgIpc) is 3.40. The van der Waals surface area contributed by atoms with Gasteiger partial charge in [0, 0.05) is 12.3 Å². The van der Waals surface area contributed by atoms with Gasteiger partial charge in [-0.25, -0.2) is 10.3 Å². The predicted molar refractivity (Wildman–Crippen MR) is 138 cm³/mol. The number of nitrogens with one attached hydrogen (secondary N) is 2. The van der Waals surface area contributed by atoms with E-state index in [4.69, 9.17) is 18.3 Å². The third-order valence-electron chi connectivity index (χ3n) is 8.29. The molecule has 0 bridgehead atoms. The molecule has 2 aliphatic heterocycles. The van der Waals surface area contributed by atoms with Crippen LogP contribution in [0.15, 0.2) is 21.9 Å². The van der Waals surface area contributed by atoms with Crippen molar-refractivity contribution in [1.82, 2.24) is 15.0 Å². The zero-order valence-electron chi connectivity index (χ0n) is 22.9. The highest BCUT2D eigenvalue weighted by Gasteiger charge is 2.77. The quantitative estimate of drug-likeness (QED) is 0.206. The maximum Gasteiger partial charge on any atom is 0.330 e. The van der Waals surface area contributed by atoms with E-state index in [0.29, 0.717) is 0 Å². The average molecular weight is 544 g/mol. The Morgan fingerprint density at radius 3 is 2.22 bits per heavy atom. The third kappa shape index (κ3) is 5.06. The Labute approximate surface area is 213 Å². The fraction of sp³-hybridized carbons (Fsp3) is 0.783. The van der Waals surface area contributed by atoms with Crippen LogP contribution in [0.2, 0.25) is 36.3 Å². The summed E-state index contributed by atoms with van der Waals surface area (Å²) in [5, 5.41) is 9.10. The number of aromatic nitrogens is 2. The van der Waals surface area contributed by atoms with Gasteiger partial charge in [0.2, 0.25) is 0 Å². The van der Waals surface area contributed by atoms with E-state index in [0.717, 1.165) is 0 Å². The van der Waals surface area contributed by atoms with Gasteiger partial charge in [-0.05, 0) is 36.3 Å². The normalized spacial score (nSPS) is 29.0. The second kappa shape index (κ2) is 9.29. The van der Waals surface area contributed by atoms with Crippen LogP contribution in [0.25, 0.3) is 0 Å². The Bertz CT molecular complexity index is 1100. The van der Waals surface area contributed by atoms with E-state index in [1.54, 1.807) is 5.48 Å². The largest absolute Gasteiger partial charge is 0.414 e. The van der Waals surface area contributed by atoms with E-state index in [-0.39, 0.29) is 16.7 Å². The lowest BCUT2D eigenvalue weighted by molar-refractivity contribution is -0.130. The molecule has 2 fully saturated rings. The minimum atomic E-state index is -2.49. The van der Waals surface area contributed by atoms with Gasteiger partial charge >= 0.3 is 5.69 Å². The van der Waals surface area contributed by atoms with Crippen molar-refractivity contribution in [3.05, 3.63) is 33.1 Å². The monoisotopic (exact) mass is 543 g/mol. The molecule has 11 nitrogen and oxygen atoms in total. The molecule has 0 saturated carbocycles. The van der Waals surface area contributed by atoms with Crippen molar-refractivity contribution in [2.75, 3.05) is 6.61 Å². The molecule has 1 aromatic heterocycles. The lowest BCUT2D eigenvalue weighted by Crippen LogP contribution is -2.53. The van der Waals surface area contributed by atoms with Gasteiger partial charge in [0.15, 0.2) is 34.6 Å². The number of hydrogen-bond acceptors (Lipinski definition) is 8. The van der Waals surface area contributed by atoms with Gasteiger partial charge in [-0.2, -0.15) is 0 Å². The Morgan fingerprint density at radius 2 is 1.72 bits per heavy atom.